The average molecular weight is 284 g/mol. The van der Waals surface area contributed by atoms with E-state index in [1.54, 1.807) is 0 Å². The third-order valence-corrected chi connectivity index (χ3v) is 4.03. The molecule has 1 aliphatic carbocycles. The fourth-order valence-electron chi connectivity index (χ4n) is 2.98. The molecule has 0 heterocycles. The number of carbonyl (C=O) groups is 2. The molecule has 0 aliphatic heterocycles. The monoisotopic (exact) mass is 284 g/mol. The molecule has 2 atom stereocenters. The Morgan fingerprint density at radius 1 is 1.05 bits per heavy atom. The van der Waals surface area contributed by atoms with Crippen LogP contribution >= 0.6 is 0 Å². The average Bonchev–Trinajstić information content (AvgIpc) is 2.40. The Kier molecular flexibility index (Phi) is 6.50. The van der Waals surface area contributed by atoms with Crippen LogP contribution in [-0.4, -0.2) is 25.2 Å². The summed E-state index contributed by atoms with van der Waals surface area (Å²) in [4.78, 5) is 24.5. The Morgan fingerprint density at radius 2 is 1.60 bits per heavy atom. The Bertz CT molecular complexity index is 335. The zero-order chi connectivity index (χ0) is 15.2. The van der Waals surface area contributed by atoms with Gasteiger partial charge in [-0.3, -0.25) is 9.59 Å². The standard InChI is InChI=1S/C16H28O4/c1-5-10-19-14(17)12-8-7-9-16(3,4)13(12)15(18)20-11-6-2/h12-13H,5-11H2,1-4H3. The highest BCUT2D eigenvalue weighted by Gasteiger charge is 2.48. The van der Waals surface area contributed by atoms with Crippen LogP contribution in [0.4, 0.5) is 0 Å². The molecule has 0 aromatic carbocycles. The lowest BCUT2D eigenvalue weighted by atomic mass is 9.63. The van der Waals surface area contributed by atoms with Crippen molar-refractivity contribution in [2.45, 2.75) is 59.8 Å². The first-order valence-corrected chi connectivity index (χ1v) is 7.77. The van der Waals surface area contributed by atoms with E-state index in [0.717, 1.165) is 32.1 Å². The van der Waals surface area contributed by atoms with Gasteiger partial charge in [0.1, 0.15) is 0 Å². The summed E-state index contributed by atoms with van der Waals surface area (Å²) in [6, 6.07) is 0. The van der Waals surface area contributed by atoms with Gasteiger partial charge in [-0.1, -0.05) is 34.1 Å². The first-order valence-electron chi connectivity index (χ1n) is 7.77. The molecule has 0 amide bonds. The van der Waals surface area contributed by atoms with Gasteiger partial charge in [-0.2, -0.15) is 0 Å². The largest absolute Gasteiger partial charge is 0.465 e. The number of rotatable bonds is 6. The van der Waals surface area contributed by atoms with E-state index in [4.69, 9.17) is 9.47 Å². The van der Waals surface area contributed by atoms with E-state index < -0.39 is 0 Å². The van der Waals surface area contributed by atoms with E-state index in [1.165, 1.54) is 0 Å². The van der Waals surface area contributed by atoms with Crippen molar-refractivity contribution in [1.29, 1.82) is 0 Å². The third-order valence-electron chi connectivity index (χ3n) is 4.03. The smallest absolute Gasteiger partial charge is 0.310 e. The number of ether oxygens (including phenoxy) is 2. The molecular formula is C16H28O4. The summed E-state index contributed by atoms with van der Waals surface area (Å²) in [6.45, 7) is 8.86. The third kappa shape index (κ3) is 4.22. The van der Waals surface area contributed by atoms with Gasteiger partial charge in [0, 0.05) is 0 Å². The summed E-state index contributed by atoms with van der Waals surface area (Å²) in [5.41, 5.74) is -0.209. The molecule has 1 aliphatic rings. The molecule has 0 bridgehead atoms. The molecule has 0 N–H and O–H groups in total. The van der Waals surface area contributed by atoms with Gasteiger partial charge in [-0.25, -0.2) is 0 Å². The van der Waals surface area contributed by atoms with Crippen LogP contribution in [-0.2, 0) is 19.1 Å². The number of esters is 2. The second-order valence-electron chi connectivity index (χ2n) is 6.30. The van der Waals surface area contributed by atoms with Gasteiger partial charge in [-0.15, -0.1) is 0 Å². The maximum atomic E-state index is 12.3. The van der Waals surface area contributed by atoms with Crippen LogP contribution in [0.5, 0.6) is 0 Å². The fraction of sp³-hybridized carbons (Fsp3) is 0.875. The molecule has 0 radical (unpaired) electrons. The molecule has 1 rings (SSSR count). The molecule has 4 nitrogen and oxygen atoms in total. The normalized spacial score (nSPS) is 25.0. The topological polar surface area (TPSA) is 52.6 Å². The van der Waals surface area contributed by atoms with Crippen molar-refractivity contribution in [3.8, 4) is 0 Å². The summed E-state index contributed by atoms with van der Waals surface area (Å²) < 4.78 is 10.6. The van der Waals surface area contributed by atoms with Crippen LogP contribution in [0, 0.1) is 17.3 Å². The molecule has 1 saturated carbocycles. The Morgan fingerprint density at radius 3 is 2.15 bits per heavy atom. The van der Waals surface area contributed by atoms with E-state index in [2.05, 4.69) is 0 Å². The minimum atomic E-state index is -0.382. The molecule has 4 heteroatoms. The zero-order valence-electron chi connectivity index (χ0n) is 13.2. The van der Waals surface area contributed by atoms with Crippen LogP contribution in [0.1, 0.15) is 59.8 Å². The van der Waals surface area contributed by atoms with Crippen molar-refractivity contribution in [3.63, 3.8) is 0 Å². The molecule has 0 aromatic rings. The van der Waals surface area contributed by atoms with Gasteiger partial charge in [0.05, 0.1) is 25.0 Å². The zero-order valence-corrected chi connectivity index (χ0v) is 13.2. The first-order chi connectivity index (χ1) is 9.44. The summed E-state index contributed by atoms with van der Waals surface area (Å²) in [5.74, 6) is -1.21. The first kappa shape index (κ1) is 17.0. The second-order valence-corrected chi connectivity index (χ2v) is 6.30. The lowest BCUT2D eigenvalue weighted by Crippen LogP contribution is -2.45. The molecule has 116 valence electrons. The SMILES string of the molecule is CCCOC(=O)C1CCCC(C)(C)C1C(=O)OCCC. The van der Waals surface area contributed by atoms with Gasteiger partial charge in [0.15, 0.2) is 0 Å². The van der Waals surface area contributed by atoms with Crippen LogP contribution < -0.4 is 0 Å². The number of hydrogen-bond acceptors (Lipinski definition) is 4. The molecule has 2 unspecified atom stereocenters. The van der Waals surface area contributed by atoms with Crippen molar-refractivity contribution in [1.82, 2.24) is 0 Å². The highest BCUT2D eigenvalue weighted by molar-refractivity contribution is 5.83. The van der Waals surface area contributed by atoms with Gasteiger partial charge in [0.2, 0.25) is 0 Å². The lowest BCUT2D eigenvalue weighted by molar-refractivity contribution is -0.169. The van der Waals surface area contributed by atoms with E-state index in [1.807, 2.05) is 27.7 Å². The fourth-order valence-corrected chi connectivity index (χ4v) is 2.98. The Balaban J connectivity index is 2.83. The summed E-state index contributed by atoms with van der Waals surface area (Å²) >= 11 is 0. The highest BCUT2D eigenvalue weighted by Crippen LogP contribution is 2.45. The van der Waals surface area contributed by atoms with Crippen LogP contribution in [0.3, 0.4) is 0 Å². The minimum absolute atomic E-state index is 0.209. The van der Waals surface area contributed by atoms with E-state index in [-0.39, 0.29) is 29.2 Å². The molecule has 0 aromatic heterocycles. The lowest BCUT2D eigenvalue weighted by Gasteiger charge is -2.41. The predicted octanol–water partition coefficient (Wildman–Crippen LogP) is 3.34. The van der Waals surface area contributed by atoms with Gasteiger partial charge >= 0.3 is 11.9 Å². The maximum Gasteiger partial charge on any atom is 0.310 e. The molecule has 0 spiro atoms. The second kappa shape index (κ2) is 7.65. The Hall–Kier alpha value is -1.06. The van der Waals surface area contributed by atoms with Crippen molar-refractivity contribution >= 4 is 11.9 Å². The predicted molar refractivity (Wildman–Crippen MR) is 77.1 cm³/mol. The summed E-state index contributed by atoms with van der Waals surface area (Å²) in [5, 5.41) is 0. The highest BCUT2D eigenvalue weighted by atomic mass is 16.5. The maximum absolute atomic E-state index is 12.3. The number of carbonyl (C=O) groups excluding carboxylic acids is 2. The van der Waals surface area contributed by atoms with Gasteiger partial charge < -0.3 is 9.47 Å². The summed E-state index contributed by atoms with van der Waals surface area (Å²) in [7, 11) is 0. The molecule has 20 heavy (non-hydrogen) atoms. The van der Waals surface area contributed by atoms with Crippen LogP contribution in [0.2, 0.25) is 0 Å². The van der Waals surface area contributed by atoms with E-state index in [0.29, 0.717) is 13.2 Å². The van der Waals surface area contributed by atoms with Crippen molar-refractivity contribution in [2.75, 3.05) is 13.2 Å². The Labute approximate surface area is 122 Å². The summed E-state index contributed by atoms with van der Waals surface area (Å²) in [6.07, 6.45) is 4.21. The van der Waals surface area contributed by atoms with E-state index >= 15 is 0 Å². The van der Waals surface area contributed by atoms with Gasteiger partial charge in [0.25, 0.3) is 0 Å². The number of hydrogen-bond donors (Lipinski definition) is 0. The van der Waals surface area contributed by atoms with E-state index in [9.17, 15) is 9.59 Å². The quantitative estimate of drug-likeness (QED) is 0.702. The molecule has 0 saturated heterocycles. The van der Waals surface area contributed by atoms with Crippen molar-refractivity contribution in [3.05, 3.63) is 0 Å². The van der Waals surface area contributed by atoms with Gasteiger partial charge in [-0.05, 0) is 31.1 Å². The molecular weight excluding hydrogens is 256 g/mol. The van der Waals surface area contributed by atoms with Crippen LogP contribution in [0.15, 0.2) is 0 Å². The van der Waals surface area contributed by atoms with Crippen molar-refractivity contribution < 1.29 is 19.1 Å². The molecule has 1 fully saturated rings. The minimum Gasteiger partial charge on any atom is -0.465 e. The van der Waals surface area contributed by atoms with Crippen LogP contribution in [0.25, 0.3) is 0 Å². The van der Waals surface area contributed by atoms with Crippen molar-refractivity contribution in [2.24, 2.45) is 17.3 Å².